The van der Waals surface area contributed by atoms with Crippen LogP contribution in [-0.4, -0.2) is 45.0 Å². The molecule has 3 heterocycles. The Hall–Kier alpha value is -2.15. The first kappa shape index (κ1) is 22.1. The molecular weight excluding hydrogens is 397 g/mol. The Balaban J connectivity index is 0.00000140. The summed E-state index contributed by atoms with van der Waals surface area (Å²) in [4.78, 5) is 24.4. The minimum absolute atomic E-state index is 0. The average molecular weight is 422 g/mol. The quantitative estimate of drug-likeness (QED) is 0.689. The second kappa shape index (κ2) is 8.90. The molecule has 150 valence electrons. The number of aryl methyl sites for hydroxylation is 3. The van der Waals surface area contributed by atoms with Crippen LogP contribution in [-0.2, 0) is 7.05 Å². The molecule has 8 heteroatoms. The summed E-state index contributed by atoms with van der Waals surface area (Å²) >= 11 is 0. The highest BCUT2D eigenvalue weighted by Gasteiger charge is 2.32. The van der Waals surface area contributed by atoms with Gasteiger partial charge in [-0.25, -0.2) is 4.98 Å². The van der Waals surface area contributed by atoms with Crippen molar-refractivity contribution in [1.29, 1.82) is 0 Å². The third kappa shape index (κ3) is 3.99. The van der Waals surface area contributed by atoms with Crippen molar-refractivity contribution < 1.29 is 4.79 Å². The lowest BCUT2D eigenvalue weighted by atomic mass is 10.0. The van der Waals surface area contributed by atoms with E-state index < -0.39 is 0 Å². The molecule has 2 aromatic heterocycles. The van der Waals surface area contributed by atoms with Gasteiger partial charge in [0.15, 0.2) is 0 Å². The molecule has 6 nitrogen and oxygen atoms in total. The molecule has 0 spiro atoms. The summed E-state index contributed by atoms with van der Waals surface area (Å²) in [6.45, 7) is 6.10. The van der Waals surface area contributed by atoms with E-state index in [0.29, 0.717) is 18.7 Å². The molecule has 1 aromatic carbocycles. The molecule has 0 saturated carbocycles. The van der Waals surface area contributed by atoms with Gasteiger partial charge in [0, 0.05) is 44.5 Å². The Morgan fingerprint density at radius 3 is 2.71 bits per heavy atom. The van der Waals surface area contributed by atoms with E-state index in [1.165, 1.54) is 0 Å². The van der Waals surface area contributed by atoms with Crippen molar-refractivity contribution in [3.8, 4) is 0 Å². The molecule has 0 aliphatic carbocycles. The molecular formula is C20H25Cl2N5O. The summed E-state index contributed by atoms with van der Waals surface area (Å²) < 4.78 is 1.98. The first-order chi connectivity index (χ1) is 12.5. The maximum Gasteiger partial charge on any atom is 0.256 e. The van der Waals surface area contributed by atoms with Crippen LogP contribution in [0.3, 0.4) is 0 Å². The van der Waals surface area contributed by atoms with Gasteiger partial charge in [-0.05, 0) is 32.0 Å². The van der Waals surface area contributed by atoms with Gasteiger partial charge in [0.2, 0.25) is 0 Å². The number of rotatable bonds is 2. The van der Waals surface area contributed by atoms with Gasteiger partial charge in [-0.3, -0.25) is 9.78 Å². The number of aromatic nitrogens is 3. The standard InChI is InChI=1S/C20H23N5O.2ClH/c1-13-4-5-17-15(10-13)11-16(14(2)23-17)20(26)25-9-6-21-12-18(25)19-22-7-8-24(19)3;;/h4-5,7-8,10-11,18,21H,6,9,12H2,1-3H3;2*1H. The van der Waals surface area contributed by atoms with E-state index in [9.17, 15) is 4.79 Å². The number of carbonyl (C=O) groups is 1. The highest BCUT2D eigenvalue weighted by molar-refractivity contribution is 5.99. The summed E-state index contributed by atoms with van der Waals surface area (Å²) in [5.74, 6) is 0.917. The summed E-state index contributed by atoms with van der Waals surface area (Å²) in [7, 11) is 1.96. The van der Waals surface area contributed by atoms with Gasteiger partial charge in [-0.2, -0.15) is 0 Å². The second-order valence-corrected chi connectivity index (χ2v) is 6.93. The number of halogens is 2. The lowest BCUT2D eigenvalue weighted by Gasteiger charge is -2.36. The number of nitrogens with one attached hydrogen (secondary N) is 1. The van der Waals surface area contributed by atoms with Crippen LogP contribution < -0.4 is 5.32 Å². The van der Waals surface area contributed by atoms with Gasteiger partial charge in [0.05, 0.1) is 16.8 Å². The molecule has 1 aliphatic rings. The summed E-state index contributed by atoms with van der Waals surface area (Å²) in [6, 6.07) is 8.03. The SMILES string of the molecule is Cc1ccc2nc(C)c(C(=O)N3CCNCC3c3nccn3C)cc2c1.Cl.Cl. The van der Waals surface area contributed by atoms with E-state index >= 15 is 0 Å². The topological polar surface area (TPSA) is 63.1 Å². The summed E-state index contributed by atoms with van der Waals surface area (Å²) in [5.41, 5.74) is 3.52. The highest BCUT2D eigenvalue weighted by Crippen LogP contribution is 2.25. The molecule has 0 bridgehead atoms. The zero-order valence-electron chi connectivity index (χ0n) is 16.2. The van der Waals surface area contributed by atoms with Gasteiger partial charge < -0.3 is 14.8 Å². The number of pyridine rings is 1. The fraction of sp³-hybridized carbons (Fsp3) is 0.350. The zero-order valence-corrected chi connectivity index (χ0v) is 17.8. The van der Waals surface area contributed by atoms with Crippen molar-refractivity contribution in [2.75, 3.05) is 19.6 Å². The third-order valence-corrected chi connectivity index (χ3v) is 5.05. The summed E-state index contributed by atoms with van der Waals surface area (Å²) in [5, 5.41) is 4.38. The Morgan fingerprint density at radius 1 is 1.21 bits per heavy atom. The highest BCUT2D eigenvalue weighted by atomic mass is 35.5. The van der Waals surface area contributed by atoms with Crippen LogP contribution in [0.25, 0.3) is 10.9 Å². The molecule has 28 heavy (non-hydrogen) atoms. The Bertz CT molecular complexity index is 988. The number of amides is 1. The van der Waals surface area contributed by atoms with Crippen LogP contribution in [0.1, 0.15) is 33.5 Å². The lowest BCUT2D eigenvalue weighted by molar-refractivity contribution is 0.0620. The van der Waals surface area contributed by atoms with Crippen LogP contribution in [0.5, 0.6) is 0 Å². The first-order valence-corrected chi connectivity index (χ1v) is 8.91. The fourth-order valence-electron chi connectivity index (χ4n) is 3.64. The zero-order chi connectivity index (χ0) is 18.3. The molecule has 1 atom stereocenters. The normalized spacial score (nSPS) is 16.4. The van der Waals surface area contributed by atoms with E-state index in [1.54, 1.807) is 6.20 Å². The number of fused-ring (bicyclic) bond motifs is 1. The van der Waals surface area contributed by atoms with E-state index in [-0.39, 0.29) is 36.8 Å². The predicted octanol–water partition coefficient (Wildman–Crippen LogP) is 3.22. The minimum Gasteiger partial charge on any atom is -0.336 e. The lowest BCUT2D eigenvalue weighted by Crippen LogP contribution is -2.49. The van der Waals surface area contributed by atoms with Gasteiger partial charge in [0.25, 0.3) is 5.91 Å². The van der Waals surface area contributed by atoms with Crippen LogP contribution in [0, 0.1) is 13.8 Å². The molecule has 1 fully saturated rings. The van der Waals surface area contributed by atoms with Crippen molar-refractivity contribution in [3.05, 3.63) is 59.3 Å². The van der Waals surface area contributed by atoms with Crippen molar-refractivity contribution in [3.63, 3.8) is 0 Å². The molecule has 3 aromatic rings. The van der Waals surface area contributed by atoms with Gasteiger partial charge in [-0.1, -0.05) is 11.6 Å². The predicted molar refractivity (Wildman–Crippen MR) is 116 cm³/mol. The van der Waals surface area contributed by atoms with Crippen LogP contribution in [0.2, 0.25) is 0 Å². The van der Waals surface area contributed by atoms with E-state index in [0.717, 1.165) is 34.5 Å². The van der Waals surface area contributed by atoms with Crippen molar-refractivity contribution in [2.24, 2.45) is 7.05 Å². The Labute approximate surface area is 177 Å². The van der Waals surface area contributed by atoms with Gasteiger partial charge in [0.1, 0.15) is 11.9 Å². The number of benzene rings is 1. The first-order valence-electron chi connectivity index (χ1n) is 8.91. The summed E-state index contributed by atoms with van der Waals surface area (Å²) in [6.07, 6.45) is 3.69. The minimum atomic E-state index is -0.0798. The third-order valence-electron chi connectivity index (χ3n) is 5.05. The van der Waals surface area contributed by atoms with Crippen LogP contribution in [0.4, 0.5) is 0 Å². The number of hydrogen-bond acceptors (Lipinski definition) is 4. The Morgan fingerprint density at radius 2 is 2.00 bits per heavy atom. The number of nitrogens with zero attached hydrogens (tertiary/aromatic N) is 4. The van der Waals surface area contributed by atoms with Crippen LogP contribution >= 0.6 is 24.8 Å². The average Bonchev–Trinajstić information content (AvgIpc) is 3.07. The molecule has 1 aliphatic heterocycles. The monoisotopic (exact) mass is 421 g/mol. The maximum atomic E-state index is 13.4. The molecule has 4 rings (SSSR count). The van der Waals surface area contributed by atoms with E-state index in [1.807, 2.05) is 54.8 Å². The van der Waals surface area contributed by atoms with Gasteiger partial charge in [-0.15, -0.1) is 24.8 Å². The second-order valence-electron chi connectivity index (χ2n) is 6.93. The van der Waals surface area contributed by atoms with Crippen molar-refractivity contribution in [2.45, 2.75) is 19.9 Å². The number of hydrogen-bond donors (Lipinski definition) is 1. The van der Waals surface area contributed by atoms with Crippen molar-refractivity contribution in [1.82, 2.24) is 24.8 Å². The van der Waals surface area contributed by atoms with Crippen molar-refractivity contribution >= 4 is 41.6 Å². The molecule has 1 amide bonds. The maximum absolute atomic E-state index is 13.4. The van der Waals surface area contributed by atoms with E-state index in [4.69, 9.17) is 0 Å². The Kier molecular flexibility index (Phi) is 7.04. The number of piperazine rings is 1. The number of carbonyl (C=O) groups excluding carboxylic acids is 1. The fourth-order valence-corrected chi connectivity index (χ4v) is 3.64. The number of imidazole rings is 1. The van der Waals surface area contributed by atoms with E-state index in [2.05, 4.69) is 21.4 Å². The van der Waals surface area contributed by atoms with Gasteiger partial charge >= 0.3 is 0 Å². The largest absolute Gasteiger partial charge is 0.336 e. The molecule has 0 radical (unpaired) electrons. The molecule has 1 unspecified atom stereocenters. The van der Waals surface area contributed by atoms with Crippen LogP contribution in [0.15, 0.2) is 36.7 Å². The molecule has 1 N–H and O–H groups in total. The molecule has 1 saturated heterocycles. The smallest absolute Gasteiger partial charge is 0.256 e.